The number of nitrogen functional groups attached to an aromatic ring is 1. The number of piperidine rings is 1. The van der Waals surface area contributed by atoms with Crippen molar-refractivity contribution in [2.24, 2.45) is 0 Å². The number of nitrogens with two attached hydrogens (primary N) is 1. The molecule has 0 saturated carbocycles. The molecule has 1 saturated heterocycles. The number of hydrogen-bond acceptors (Lipinski definition) is 5. The number of carbonyl (C=O) groups is 1. The maximum Gasteiger partial charge on any atom is 0.256 e. The molecule has 3 N–H and O–H groups in total. The van der Waals surface area contributed by atoms with Gasteiger partial charge in [-0.2, -0.15) is 4.31 Å². The SMILES string of the molecule is Cc1ccc(S(=O)(=O)N2CCCCC2C)cc1C(=O)Nc1ccc(N)nc1.Cl. The van der Waals surface area contributed by atoms with Gasteiger partial charge in [0, 0.05) is 18.2 Å². The summed E-state index contributed by atoms with van der Waals surface area (Å²) >= 11 is 0. The van der Waals surface area contributed by atoms with Gasteiger partial charge in [-0.1, -0.05) is 12.5 Å². The number of amides is 1. The van der Waals surface area contributed by atoms with Crippen molar-refractivity contribution < 1.29 is 13.2 Å². The number of rotatable bonds is 4. The summed E-state index contributed by atoms with van der Waals surface area (Å²) in [5, 5.41) is 2.73. The summed E-state index contributed by atoms with van der Waals surface area (Å²) in [5.74, 6) is -0.0317. The van der Waals surface area contributed by atoms with Crippen molar-refractivity contribution in [1.29, 1.82) is 0 Å². The molecule has 1 fully saturated rings. The highest BCUT2D eigenvalue weighted by Crippen LogP contribution is 2.26. The molecule has 1 aliphatic heterocycles. The summed E-state index contributed by atoms with van der Waals surface area (Å²) in [6.07, 6.45) is 4.19. The van der Waals surface area contributed by atoms with Crippen molar-refractivity contribution in [3.8, 4) is 0 Å². The van der Waals surface area contributed by atoms with Crippen molar-refractivity contribution in [2.45, 2.75) is 44.0 Å². The van der Waals surface area contributed by atoms with Gasteiger partial charge in [0.05, 0.1) is 16.8 Å². The van der Waals surface area contributed by atoms with Crippen molar-refractivity contribution in [3.05, 3.63) is 47.7 Å². The van der Waals surface area contributed by atoms with Crippen LogP contribution in [-0.4, -0.2) is 36.2 Å². The highest BCUT2D eigenvalue weighted by atomic mass is 35.5. The first-order valence-electron chi connectivity index (χ1n) is 8.94. The number of sulfonamides is 1. The van der Waals surface area contributed by atoms with Gasteiger partial charge in [0.15, 0.2) is 0 Å². The minimum atomic E-state index is -3.64. The summed E-state index contributed by atoms with van der Waals surface area (Å²) in [6, 6.07) is 7.87. The topological polar surface area (TPSA) is 105 Å². The predicted molar refractivity (Wildman–Crippen MR) is 112 cm³/mol. The van der Waals surface area contributed by atoms with Gasteiger partial charge in [-0.05, 0) is 56.5 Å². The molecule has 1 unspecified atom stereocenters. The average Bonchev–Trinajstić information content (AvgIpc) is 2.64. The van der Waals surface area contributed by atoms with Gasteiger partial charge >= 0.3 is 0 Å². The largest absolute Gasteiger partial charge is 0.384 e. The van der Waals surface area contributed by atoms with Gasteiger partial charge in [-0.15, -0.1) is 12.4 Å². The van der Waals surface area contributed by atoms with Gasteiger partial charge in [-0.3, -0.25) is 4.79 Å². The van der Waals surface area contributed by atoms with Crippen LogP contribution in [0.5, 0.6) is 0 Å². The number of benzene rings is 1. The minimum Gasteiger partial charge on any atom is -0.384 e. The lowest BCUT2D eigenvalue weighted by Crippen LogP contribution is -2.42. The van der Waals surface area contributed by atoms with Crippen LogP contribution in [0.3, 0.4) is 0 Å². The van der Waals surface area contributed by atoms with Gasteiger partial charge in [-0.25, -0.2) is 13.4 Å². The van der Waals surface area contributed by atoms with Crippen molar-refractivity contribution in [3.63, 3.8) is 0 Å². The van der Waals surface area contributed by atoms with Gasteiger partial charge in [0.1, 0.15) is 5.82 Å². The van der Waals surface area contributed by atoms with E-state index in [9.17, 15) is 13.2 Å². The molecular weight excluding hydrogens is 400 g/mol. The number of aryl methyl sites for hydroxylation is 1. The Labute approximate surface area is 171 Å². The lowest BCUT2D eigenvalue weighted by molar-refractivity contribution is 0.102. The third kappa shape index (κ3) is 4.63. The van der Waals surface area contributed by atoms with E-state index in [1.54, 1.807) is 31.2 Å². The molecule has 7 nitrogen and oxygen atoms in total. The monoisotopic (exact) mass is 424 g/mol. The molecule has 9 heteroatoms. The van der Waals surface area contributed by atoms with Gasteiger partial charge in [0.2, 0.25) is 10.0 Å². The van der Waals surface area contributed by atoms with E-state index in [0.717, 1.165) is 19.3 Å². The zero-order chi connectivity index (χ0) is 19.6. The summed E-state index contributed by atoms with van der Waals surface area (Å²) < 4.78 is 27.6. The molecule has 0 bridgehead atoms. The van der Waals surface area contributed by atoms with Crippen LogP contribution >= 0.6 is 12.4 Å². The van der Waals surface area contributed by atoms with E-state index in [0.29, 0.717) is 29.2 Å². The van der Waals surface area contributed by atoms with Crippen LogP contribution in [0, 0.1) is 6.92 Å². The molecule has 1 atom stereocenters. The summed E-state index contributed by atoms with van der Waals surface area (Å²) in [7, 11) is -3.64. The number of pyridine rings is 1. The third-order valence-corrected chi connectivity index (χ3v) is 6.86. The standard InChI is InChI=1S/C19H24N4O3S.ClH/c1-13-6-8-16(27(25,26)23-10-4-3-5-14(23)2)11-17(13)19(24)22-15-7-9-18(20)21-12-15;/h6-9,11-12,14H,3-5,10H2,1-2H3,(H2,20,21)(H,22,24);1H. The molecule has 1 aromatic heterocycles. The van der Waals surface area contributed by atoms with E-state index in [1.807, 2.05) is 6.92 Å². The second-order valence-corrected chi connectivity index (χ2v) is 8.75. The maximum atomic E-state index is 13.0. The Kier molecular flexibility index (Phi) is 7.03. The van der Waals surface area contributed by atoms with E-state index < -0.39 is 10.0 Å². The minimum absolute atomic E-state index is 0. The fraction of sp³-hybridized carbons (Fsp3) is 0.368. The van der Waals surface area contributed by atoms with Crippen LogP contribution in [0.4, 0.5) is 11.5 Å². The summed E-state index contributed by atoms with van der Waals surface area (Å²) in [6.45, 7) is 4.21. The molecule has 0 radical (unpaired) electrons. The first-order valence-corrected chi connectivity index (χ1v) is 10.4. The lowest BCUT2D eigenvalue weighted by Gasteiger charge is -2.32. The zero-order valence-corrected chi connectivity index (χ0v) is 17.5. The molecule has 3 rings (SSSR count). The van der Waals surface area contributed by atoms with E-state index in [1.165, 1.54) is 16.6 Å². The Bertz CT molecular complexity index is 948. The molecule has 28 heavy (non-hydrogen) atoms. The van der Waals surface area contributed by atoms with E-state index in [4.69, 9.17) is 5.73 Å². The molecule has 1 aromatic carbocycles. The quantitative estimate of drug-likeness (QED) is 0.783. The predicted octanol–water partition coefficient (Wildman–Crippen LogP) is 3.21. The summed E-state index contributed by atoms with van der Waals surface area (Å²) in [5.41, 5.74) is 7.05. The van der Waals surface area contributed by atoms with Crippen LogP contribution in [0.2, 0.25) is 0 Å². The highest BCUT2D eigenvalue weighted by Gasteiger charge is 2.31. The summed E-state index contributed by atoms with van der Waals surface area (Å²) in [4.78, 5) is 16.7. The lowest BCUT2D eigenvalue weighted by atomic mass is 10.1. The number of carbonyl (C=O) groups excluding carboxylic acids is 1. The van der Waals surface area contributed by atoms with E-state index in [-0.39, 0.29) is 29.3 Å². The molecule has 0 aliphatic carbocycles. The van der Waals surface area contributed by atoms with E-state index >= 15 is 0 Å². The Morgan fingerprint density at radius 2 is 2.00 bits per heavy atom. The fourth-order valence-corrected chi connectivity index (χ4v) is 4.97. The fourth-order valence-electron chi connectivity index (χ4n) is 3.25. The van der Waals surface area contributed by atoms with Crippen LogP contribution < -0.4 is 11.1 Å². The second-order valence-electron chi connectivity index (χ2n) is 6.86. The Balaban J connectivity index is 0.00000280. The van der Waals surface area contributed by atoms with E-state index in [2.05, 4.69) is 10.3 Å². The molecule has 1 aliphatic rings. The number of anilines is 2. The van der Waals surface area contributed by atoms with Crippen LogP contribution in [-0.2, 0) is 10.0 Å². The molecule has 152 valence electrons. The van der Waals surface area contributed by atoms with Gasteiger partial charge in [0.25, 0.3) is 5.91 Å². The highest BCUT2D eigenvalue weighted by molar-refractivity contribution is 7.89. The molecule has 2 aromatic rings. The third-order valence-electron chi connectivity index (χ3n) is 4.85. The maximum absolute atomic E-state index is 13.0. The number of halogens is 1. The van der Waals surface area contributed by atoms with Crippen molar-refractivity contribution >= 4 is 39.8 Å². The first kappa shape index (κ1) is 22.1. The number of aromatic nitrogens is 1. The molecule has 0 spiro atoms. The average molecular weight is 425 g/mol. The smallest absolute Gasteiger partial charge is 0.256 e. The number of nitrogens with zero attached hydrogens (tertiary/aromatic N) is 2. The number of nitrogens with one attached hydrogen (secondary N) is 1. The van der Waals surface area contributed by atoms with Crippen molar-refractivity contribution in [2.75, 3.05) is 17.6 Å². The molecule has 2 heterocycles. The number of hydrogen-bond donors (Lipinski definition) is 2. The Hall–Kier alpha value is -2.16. The Morgan fingerprint density at radius 3 is 2.64 bits per heavy atom. The van der Waals surface area contributed by atoms with Gasteiger partial charge < -0.3 is 11.1 Å². The molecular formula is C19H25ClN4O3S. The van der Waals surface area contributed by atoms with Crippen molar-refractivity contribution in [1.82, 2.24) is 9.29 Å². The normalized spacial score (nSPS) is 17.6. The van der Waals surface area contributed by atoms with Crippen LogP contribution in [0.1, 0.15) is 42.1 Å². The Morgan fingerprint density at radius 1 is 1.25 bits per heavy atom. The first-order chi connectivity index (χ1) is 12.8. The molecule has 1 amide bonds. The van der Waals surface area contributed by atoms with Crippen LogP contribution in [0.25, 0.3) is 0 Å². The zero-order valence-electron chi connectivity index (χ0n) is 15.9. The van der Waals surface area contributed by atoms with Crippen LogP contribution in [0.15, 0.2) is 41.4 Å². The second kappa shape index (κ2) is 8.89.